The summed E-state index contributed by atoms with van der Waals surface area (Å²) in [6.45, 7) is 9.98. The first-order valence-corrected chi connectivity index (χ1v) is 9.62. The number of nitrogens with zero attached hydrogens (tertiary/aromatic N) is 1. The number of rotatable bonds is 11. The molecule has 1 rings (SSSR count). The molecule has 0 aliphatic heterocycles. The van der Waals surface area contributed by atoms with E-state index in [4.69, 9.17) is 9.47 Å². The highest BCUT2D eigenvalue weighted by atomic mass is 16.5. The van der Waals surface area contributed by atoms with E-state index in [0.717, 1.165) is 45.1 Å². The molecule has 0 bridgehead atoms. The van der Waals surface area contributed by atoms with E-state index in [1.165, 1.54) is 25.7 Å². The van der Waals surface area contributed by atoms with Crippen molar-refractivity contribution in [2.45, 2.75) is 65.4 Å². The number of guanidine groups is 1. The lowest BCUT2D eigenvalue weighted by Crippen LogP contribution is -2.44. The minimum absolute atomic E-state index is 0.309. The number of ether oxygens (including phenoxy) is 2. The van der Waals surface area contributed by atoms with Gasteiger partial charge in [-0.05, 0) is 43.9 Å². The minimum atomic E-state index is 0.309. The van der Waals surface area contributed by atoms with Crippen molar-refractivity contribution in [2.75, 3.05) is 40.5 Å². The third-order valence-electron chi connectivity index (χ3n) is 5.20. The summed E-state index contributed by atoms with van der Waals surface area (Å²) in [6.07, 6.45) is 7.70. The highest BCUT2D eigenvalue weighted by Gasteiger charge is 2.33. The Labute approximate surface area is 149 Å². The second-order valence-corrected chi connectivity index (χ2v) is 7.33. The fraction of sp³-hybridized carbons (Fsp3) is 0.947. The fourth-order valence-electron chi connectivity index (χ4n) is 3.61. The van der Waals surface area contributed by atoms with Gasteiger partial charge in [0.05, 0.1) is 6.10 Å². The van der Waals surface area contributed by atoms with Crippen LogP contribution in [0.4, 0.5) is 0 Å². The highest BCUT2D eigenvalue weighted by Crippen LogP contribution is 2.40. The van der Waals surface area contributed by atoms with E-state index in [-0.39, 0.29) is 0 Å². The second kappa shape index (κ2) is 11.7. The number of hydrogen-bond acceptors (Lipinski definition) is 3. The molecule has 1 saturated carbocycles. The predicted molar refractivity (Wildman–Crippen MR) is 102 cm³/mol. The lowest BCUT2D eigenvalue weighted by molar-refractivity contribution is 0.0258. The van der Waals surface area contributed by atoms with Gasteiger partial charge in [-0.1, -0.05) is 26.7 Å². The fourth-order valence-corrected chi connectivity index (χ4v) is 3.61. The van der Waals surface area contributed by atoms with Crippen LogP contribution < -0.4 is 10.6 Å². The number of methoxy groups -OCH3 is 1. The van der Waals surface area contributed by atoms with Crippen LogP contribution in [0.2, 0.25) is 0 Å². The van der Waals surface area contributed by atoms with Crippen LogP contribution in [0.15, 0.2) is 4.99 Å². The van der Waals surface area contributed by atoms with E-state index in [9.17, 15) is 0 Å². The van der Waals surface area contributed by atoms with E-state index >= 15 is 0 Å². The van der Waals surface area contributed by atoms with E-state index in [2.05, 4.69) is 36.4 Å². The lowest BCUT2D eigenvalue weighted by Gasteiger charge is -2.30. The molecule has 1 unspecified atom stereocenters. The SMILES string of the molecule is CCOC(CCNC(=NC)NCC1(CCOC)CCCC1)C(C)C. The van der Waals surface area contributed by atoms with Crippen LogP contribution in [-0.4, -0.2) is 52.5 Å². The van der Waals surface area contributed by atoms with Crippen molar-refractivity contribution in [1.82, 2.24) is 10.6 Å². The molecule has 5 nitrogen and oxygen atoms in total. The van der Waals surface area contributed by atoms with Crippen LogP contribution in [-0.2, 0) is 9.47 Å². The minimum Gasteiger partial charge on any atom is -0.385 e. The summed E-state index contributed by atoms with van der Waals surface area (Å²) in [7, 11) is 3.63. The molecule has 0 aromatic carbocycles. The number of hydrogen-bond donors (Lipinski definition) is 2. The van der Waals surface area contributed by atoms with Crippen LogP contribution in [0.25, 0.3) is 0 Å². The molecule has 0 spiro atoms. The van der Waals surface area contributed by atoms with Gasteiger partial charge in [-0.2, -0.15) is 0 Å². The van der Waals surface area contributed by atoms with Gasteiger partial charge in [-0.3, -0.25) is 4.99 Å². The van der Waals surface area contributed by atoms with Crippen molar-refractivity contribution >= 4 is 5.96 Å². The summed E-state index contributed by atoms with van der Waals surface area (Å²) in [5, 5.41) is 6.98. The largest absolute Gasteiger partial charge is 0.385 e. The molecule has 0 radical (unpaired) electrons. The molecular formula is C19H39N3O2. The summed E-state index contributed by atoms with van der Waals surface area (Å²) in [4.78, 5) is 4.37. The standard InChI is InChI=1S/C19H39N3O2/c1-6-24-17(16(2)3)9-13-21-18(20-4)22-15-19(12-14-23-5)10-7-8-11-19/h16-17H,6-15H2,1-5H3,(H2,20,21,22). The number of nitrogens with one attached hydrogen (secondary N) is 2. The van der Waals surface area contributed by atoms with Crippen LogP contribution in [0.3, 0.4) is 0 Å². The quantitative estimate of drug-likeness (QED) is 0.448. The first kappa shape index (κ1) is 21.2. The lowest BCUT2D eigenvalue weighted by atomic mass is 9.83. The highest BCUT2D eigenvalue weighted by molar-refractivity contribution is 5.79. The summed E-state index contributed by atoms with van der Waals surface area (Å²) in [6, 6.07) is 0. The maximum absolute atomic E-state index is 5.81. The zero-order valence-electron chi connectivity index (χ0n) is 16.5. The van der Waals surface area contributed by atoms with Gasteiger partial charge in [0.15, 0.2) is 5.96 Å². The molecule has 1 aliphatic rings. The van der Waals surface area contributed by atoms with Crippen molar-refractivity contribution in [3.63, 3.8) is 0 Å². The smallest absolute Gasteiger partial charge is 0.190 e. The zero-order chi connectivity index (χ0) is 17.8. The average Bonchev–Trinajstić information content (AvgIpc) is 3.04. The van der Waals surface area contributed by atoms with Crippen LogP contribution in [0.1, 0.15) is 59.3 Å². The van der Waals surface area contributed by atoms with Gasteiger partial charge in [0.1, 0.15) is 0 Å². The summed E-state index contributed by atoms with van der Waals surface area (Å²) >= 11 is 0. The predicted octanol–water partition coefficient (Wildman–Crippen LogP) is 3.20. The maximum Gasteiger partial charge on any atom is 0.190 e. The van der Waals surface area contributed by atoms with Gasteiger partial charge in [-0.15, -0.1) is 0 Å². The molecule has 5 heteroatoms. The molecule has 1 aliphatic carbocycles. The van der Waals surface area contributed by atoms with Gasteiger partial charge in [0.2, 0.25) is 0 Å². The third kappa shape index (κ3) is 7.39. The van der Waals surface area contributed by atoms with Gasteiger partial charge < -0.3 is 20.1 Å². The second-order valence-electron chi connectivity index (χ2n) is 7.33. The Morgan fingerprint density at radius 3 is 2.46 bits per heavy atom. The Morgan fingerprint density at radius 2 is 1.92 bits per heavy atom. The van der Waals surface area contributed by atoms with Crippen molar-refractivity contribution < 1.29 is 9.47 Å². The van der Waals surface area contributed by atoms with Gasteiger partial charge in [0, 0.05) is 40.5 Å². The Kier molecular flexibility index (Phi) is 10.3. The van der Waals surface area contributed by atoms with E-state index in [1.54, 1.807) is 7.11 Å². The van der Waals surface area contributed by atoms with Crippen molar-refractivity contribution in [3.05, 3.63) is 0 Å². The topological polar surface area (TPSA) is 54.9 Å². The molecule has 1 fully saturated rings. The first-order chi connectivity index (χ1) is 11.6. The summed E-state index contributed by atoms with van der Waals surface area (Å²) in [5.41, 5.74) is 0.374. The first-order valence-electron chi connectivity index (χ1n) is 9.62. The van der Waals surface area contributed by atoms with Crippen molar-refractivity contribution in [3.8, 4) is 0 Å². The third-order valence-corrected chi connectivity index (χ3v) is 5.20. The Balaban J connectivity index is 2.38. The Hall–Kier alpha value is -0.810. The molecule has 24 heavy (non-hydrogen) atoms. The molecule has 142 valence electrons. The van der Waals surface area contributed by atoms with Gasteiger partial charge in [-0.25, -0.2) is 0 Å². The number of aliphatic imine (C=N–C) groups is 1. The van der Waals surface area contributed by atoms with E-state index in [1.807, 2.05) is 7.05 Å². The molecule has 0 aromatic heterocycles. The molecular weight excluding hydrogens is 302 g/mol. The Bertz CT molecular complexity index is 353. The summed E-state index contributed by atoms with van der Waals surface area (Å²) in [5.74, 6) is 1.44. The molecule has 0 amide bonds. The maximum atomic E-state index is 5.81. The monoisotopic (exact) mass is 341 g/mol. The van der Waals surface area contributed by atoms with Crippen LogP contribution in [0, 0.1) is 11.3 Å². The molecule has 0 saturated heterocycles. The average molecular weight is 342 g/mol. The molecule has 0 heterocycles. The summed E-state index contributed by atoms with van der Waals surface area (Å²) < 4.78 is 11.1. The van der Waals surface area contributed by atoms with Crippen molar-refractivity contribution in [1.29, 1.82) is 0 Å². The van der Waals surface area contributed by atoms with E-state index < -0.39 is 0 Å². The van der Waals surface area contributed by atoms with Crippen LogP contribution in [0.5, 0.6) is 0 Å². The van der Waals surface area contributed by atoms with Crippen molar-refractivity contribution in [2.24, 2.45) is 16.3 Å². The normalized spacial score (nSPS) is 18.8. The van der Waals surface area contributed by atoms with Gasteiger partial charge >= 0.3 is 0 Å². The molecule has 2 N–H and O–H groups in total. The van der Waals surface area contributed by atoms with E-state index in [0.29, 0.717) is 17.4 Å². The zero-order valence-corrected chi connectivity index (χ0v) is 16.5. The Morgan fingerprint density at radius 1 is 1.21 bits per heavy atom. The van der Waals surface area contributed by atoms with Gasteiger partial charge in [0.25, 0.3) is 0 Å². The van der Waals surface area contributed by atoms with Crippen LogP contribution >= 0.6 is 0 Å². The molecule has 1 atom stereocenters. The molecule has 0 aromatic rings.